The van der Waals surface area contributed by atoms with Crippen molar-refractivity contribution in [3.63, 3.8) is 0 Å². The molecule has 2 N–H and O–H groups in total. The van der Waals surface area contributed by atoms with Crippen LogP contribution in [0.4, 0.5) is 0 Å². The third-order valence-electron chi connectivity index (χ3n) is 4.03. The molecule has 1 saturated carbocycles. The van der Waals surface area contributed by atoms with Crippen LogP contribution in [0.15, 0.2) is 24.3 Å². The molecule has 0 aromatic heterocycles. The van der Waals surface area contributed by atoms with E-state index in [1.54, 1.807) is 0 Å². The fraction of sp³-hybridized carbons (Fsp3) is 0.588. The fourth-order valence-corrected chi connectivity index (χ4v) is 3.98. The van der Waals surface area contributed by atoms with E-state index < -0.39 is 16.1 Å². The van der Waals surface area contributed by atoms with Gasteiger partial charge in [-0.25, -0.2) is 13.1 Å². The number of nitrogens with one attached hydrogen (secondary N) is 1. The molecule has 0 saturated heterocycles. The largest absolute Gasteiger partial charge is 0.491 e. The molecule has 1 aliphatic rings. The molecule has 0 amide bonds. The van der Waals surface area contributed by atoms with E-state index in [9.17, 15) is 13.5 Å². The highest BCUT2D eigenvalue weighted by Gasteiger charge is 2.40. The second kappa shape index (κ2) is 7.97. The topological polar surface area (TPSA) is 99.4 Å². The van der Waals surface area contributed by atoms with Crippen LogP contribution in [0.3, 0.4) is 0 Å². The van der Waals surface area contributed by atoms with Crippen LogP contribution >= 0.6 is 0 Å². The normalized spacial score (nSPS) is 21.3. The molecule has 7 heteroatoms. The number of rotatable bonds is 9. The molecule has 0 bridgehead atoms. The van der Waals surface area contributed by atoms with E-state index in [4.69, 9.17) is 10.00 Å². The summed E-state index contributed by atoms with van der Waals surface area (Å²) in [6.45, 7) is 4.02. The molecule has 0 spiro atoms. The number of nitrogens with zero attached hydrogens (tertiary/aromatic N) is 1. The van der Waals surface area contributed by atoms with Crippen LogP contribution in [0.1, 0.15) is 31.7 Å². The van der Waals surface area contributed by atoms with Crippen molar-refractivity contribution >= 4 is 10.0 Å². The summed E-state index contributed by atoms with van der Waals surface area (Å²) in [4.78, 5) is 0. The minimum absolute atomic E-state index is 0.0104. The Balaban J connectivity index is 1.78. The van der Waals surface area contributed by atoms with Gasteiger partial charge in [-0.3, -0.25) is 0 Å². The molecule has 24 heavy (non-hydrogen) atoms. The molecule has 0 radical (unpaired) electrons. The molecule has 1 aromatic carbocycles. The molecule has 1 aromatic rings. The third-order valence-corrected chi connectivity index (χ3v) is 5.51. The molecule has 1 unspecified atom stereocenters. The summed E-state index contributed by atoms with van der Waals surface area (Å²) in [5, 5.41) is 18.7. The lowest BCUT2D eigenvalue weighted by Crippen LogP contribution is -2.37. The van der Waals surface area contributed by atoms with Gasteiger partial charge < -0.3 is 9.84 Å². The molecular weight excluding hydrogens is 328 g/mol. The number of nitriles is 1. The van der Waals surface area contributed by atoms with E-state index >= 15 is 0 Å². The van der Waals surface area contributed by atoms with Crippen molar-refractivity contribution in [3.8, 4) is 11.8 Å². The van der Waals surface area contributed by atoms with Gasteiger partial charge in [0.1, 0.15) is 18.5 Å². The molecule has 1 aliphatic carbocycles. The van der Waals surface area contributed by atoms with Crippen molar-refractivity contribution in [2.75, 3.05) is 18.9 Å². The van der Waals surface area contributed by atoms with Crippen molar-refractivity contribution in [2.45, 2.75) is 32.3 Å². The average molecular weight is 352 g/mol. The number of hydrogen-bond donors (Lipinski definition) is 2. The van der Waals surface area contributed by atoms with E-state index in [1.165, 1.54) is 0 Å². The van der Waals surface area contributed by atoms with Gasteiger partial charge in [0.15, 0.2) is 0 Å². The van der Waals surface area contributed by atoms with Crippen LogP contribution in [-0.2, 0) is 10.0 Å². The van der Waals surface area contributed by atoms with Gasteiger partial charge in [-0.2, -0.15) is 5.26 Å². The number of sulfonamides is 1. The van der Waals surface area contributed by atoms with Crippen LogP contribution in [-0.4, -0.2) is 38.5 Å². The summed E-state index contributed by atoms with van der Waals surface area (Å²) >= 11 is 0. The van der Waals surface area contributed by atoms with E-state index in [1.807, 2.05) is 24.3 Å². The minimum Gasteiger partial charge on any atom is -0.491 e. The average Bonchev–Trinajstić information content (AvgIpc) is 3.28. The highest BCUT2D eigenvalue weighted by atomic mass is 32.2. The Labute approximate surface area is 143 Å². The summed E-state index contributed by atoms with van der Waals surface area (Å²) in [5.74, 6) is 0.698. The number of para-hydroxylation sites is 1. The molecule has 3 atom stereocenters. The number of hydrogen-bond acceptors (Lipinski definition) is 5. The van der Waals surface area contributed by atoms with Crippen molar-refractivity contribution < 1.29 is 18.3 Å². The Morgan fingerprint density at radius 1 is 1.42 bits per heavy atom. The molecule has 0 aliphatic heterocycles. The first-order chi connectivity index (χ1) is 11.3. The standard InChI is InChI=1S/C17H24N2O4S/c1-12(2)16-5-3-4-6-17(16)23-10-15(20)9-19-24(21,22)11-14-7-13(14)8-18/h3-6,12-15,19-20H,7,9-11H2,1-2H3/t13-,14-,15?/m0/s1. The van der Waals surface area contributed by atoms with Gasteiger partial charge in [0, 0.05) is 6.54 Å². The Morgan fingerprint density at radius 3 is 2.75 bits per heavy atom. The Bertz CT molecular complexity index is 697. The third kappa shape index (κ3) is 5.48. The van der Waals surface area contributed by atoms with Crippen molar-refractivity contribution in [1.29, 1.82) is 5.26 Å². The fourth-order valence-electron chi connectivity index (χ4n) is 2.49. The zero-order valence-electron chi connectivity index (χ0n) is 14.0. The van der Waals surface area contributed by atoms with Gasteiger partial charge in [-0.15, -0.1) is 0 Å². The summed E-state index contributed by atoms with van der Waals surface area (Å²) in [6.07, 6.45) is -0.305. The van der Waals surface area contributed by atoms with Gasteiger partial charge in [0.2, 0.25) is 10.0 Å². The van der Waals surface area contributed by atoms with Gasteiger partial charge >= 0.3 is 0 Å². The maximum absolute atomic E-state index is 11.9. The molecule has 1 fully saturated rings. The maximum Gasteiger partial charge on any atom is 0.212 e. The highest BCUT2D eigenvalue weighted by Crippen LogP contribution is 2.38. The van der Waals surface area contributed by atoms with Crippen molar-refractivity contribution in [2.24, 2.45) is 11.8 Å². The molecule has 6 nitrogen and oxygen atoms in total. The summed E-state index contributed by atoms with van der Waals surface area (Å²) in [7, 11) is -3.48. The summed E-state index contributed by atoms with van der Waals surface area (Å²) in [6, 6.07) is 9.66. The number of aliphatic hydroxyl groups is 1. The summed E-state index contributed by atoms with van der Waals surface area (Å²) in [5.41, 5.74) is 1.04. The Hall–Kier alpha value is -1.62. The highest BCUT2D eigenvalue weighted by molar-refractivity contribution is 7.89. The molecular formula is C17H24N2O4S. The molecule has 2 rings (SSSR count). The Morgan fingerprint density at radius 2 is 2.12 bits per heavy atom. The SMILES string of the molecule is CC(C)c1ccccc1OCC(O)CNS(=O)(=O)C[C@@H]1C[C@H]1C#N. The first-order valence-electron chi connectivity index (χ1n) is 8.09. The number of ether oxygens (including phenoxy) is 1. The molecule has 0 heterocycles. The van der Waals surface area contributed by atoms with Gasteiger partial charge in [-0.1, -0.05) is 32.0 Å². The summed E-state index contributed by atoms with van der Waals surface area (Å²) < 4.78 is 31.8. The minimum atomic E-state index is -3.48. The van der Waals surface area contributed by atoms with Gasteiger partial charge in [0.25, 0.3) is 0 Å². The van der Waals surface area contributed by atoms with Crippen molar-refractivity contribution in [3.05, 3.63) is 29.8 Å². The zero-order chi connectivity index (χ0) is 17.7. The lowest BCUT2D eigenvalue weighted by Gasteiger charge is -2.17. The smallest absolute Gasteiger partial charge is 0.212 e. The van der Waals surface area contributed by atoms with E-state index in [2.05, 4.69) is 24.6 Å². The quantitative estimate of drug-likeness (QED) is 0.704. The maximum atomic E-state index is 11.9. The monoisotopic (exact) mass is 352 g/mol. The predicted molar refractivity (Wildman–Crippen MR) is 91.0 cm³/mol. The second-order valence-electron chi connectivity index (χ2n) is 6.52. The zero-order valence-corrected chi connectivity index (χ0v) is 14.8. The van der Waals surface area contributed by atoms with Crippen LogP contribution in [0, 0.1) is 23.2 Å². The molecule has 132 valence electrons. The number of benzene rings is 1. The van der Waals surface area contributed by atoms with Crippen LogP contribution < -0.4 is 9.46 Å². The van der Waals surface area contributed by atoms with E-state index in [0.29, 0.717) is 18.1 Å². The first-order valence-corrected chi connectivity index (χ1v) is 9.74. The lowest BCUT2D eigenvalue weighted by molar-refractivity contribution is 0.110. The van der Waals surface area contributed by atoms with Gasteiger partial charge in [0.05, 0.1) is 17.7 Å². The van der Waals surface area contributed by atoms with Crippen molar-refractivity contribution in [1.82, 2.24) is 4.72 Å². The van der Waals surface area contributed by atoms with Crippen LogP contribution in [0.5, 0.6) is 5.75 Å². The second-order valence-corrected chi connectivity index (χ2v) is 8.37. The van der Waals surface area contributed by atoms with Crippen LogP contribution in [0.25, 0.3) is 0 Å². The van der Waals surface area contributed by atoms with Crippen LogP contribution in [0.2, 0.25) is 0 Å². The Kier molecular flexibility index (Phi) is 6.21. The van der Waals surface area contributed by atoms with Gasteiger partial charge in [-0.05, 0) is 29.9 Å². The predicted octanol–water partition coefficient (Wildman–Crippen LogP) is 1.63. The number of aliphatic hydroxyl groups excluding tert-OH is 1. The van der Waals surface area contributed by atoms with E-state index in [0.717, 1.165) is 5.56 Å². The lowest BCUT2D eigenvalue weighted by atomic mass is 10.0. The first kappa shape index (κ1) is 18.7. The van der Waals surface area contributed by atoms with E-state index in [-0.39, 0.29) is 30.7 Å².